The van der Waals surface area contributed by atoms with Crippen molar-refractivity contribution in [1.29, 1.82) is 0 Å². The minimum atomic E-state index is -0.588. The van der Waals surface area contributed by atoms with Gasteiger partial charge in [0.05, 0.1) is 0 Å². The van der Waals surface area contributed by atoms with Gasteiger partial charge in [0, 0.05) is 13.0 Å². The van der Waals surface area contributed by atoms with Crippen molar-refractivity contribution in [3.63, 3.8) is 0 Å². The summed E-state index contributed by atoms with van der Waals surface area (Å²) in [6.07, 6.45) is 0.891. The van der Waals surface area contributed by atoms with Crippen molar-refractivity contribution in [2.75, 3.05) is 13.6 Å². The Kier molecular flexibility index (Phi) is 3.28. The van der Waals surface area contributed by atoms with Crippen LogP contribution in [0.25, 0.3) is 0 Å². The van der Waals surface area contributed by atoms with Crippen LogP contribution in [0.3, 0.4) is 0 Å². The number of urea groups is 1. The second-order valence-electron chi connectivity index (χ2n) is 3.80. The summed E-state index contributed by atoms with van der Waals surface area (Å²) >= 11 is 0. The molecule has 2 rings (SSSR count). The summed E-state index contributed by atoms with van der Waals surface area (Å²) in [6.45, 7) is 0.652. The molecule has 0 aromatic carbocycles. The van der Waals surface area contributed by atoms with E-state index in [2.05, 4.69) is 31.3 Å². The van der Waals surface area contributed by atoms with Crippen molar-refractivity contribution in [3.05, 3.63) is 5.82 Å². The minimum absolute atomic E-state index is 0.321. The first-order valence-electron chi connectivity index (χ1n) is 5.21. The number of nitrogens with zero attached hydrogens (tertiary/aromatic N) is 4. The number of nitrogens with one attached hydrogen (secondary N) is 3. The zero-order chi connectivity index (χ0) is 12.3. The van der Waals surface area contributed by atoms with Crippen molar-refractivity contribution in [3.8, 4) is 0 Å². The lowest BCUT2D eigenvalue weighted by Crippen LogP contribution is -2.45. The average molecular weight is 239 g/mol. The molecular formula is C8H13N7O2. The Hall–Kier alpha value is -2.03. The normalized spacial score (nSPS) is 19.5. The summed E-state index contributed by atoms with van der Waals surface area (Å²) in [5.74, 6) is 0.386. The van der Waals surface area contributed by atoms with E-state index in [4.69, 9.17) is 0 Å². The summed E-state index contributed by atoms with van der Waals surface area (Å²) in [4.78, 5) is 24.0. The van der Waals surface area contributed by atoms with Crippen LogP contribution in [0.5, 0.6) is 0 Å². The first-order chi connectivity index (χ1) is 8.16. The quantitative estimate of drug-likeness (QED) is 0.524. The summed E-state index contributed by atoms with van der Waals surface area (Å²) < 4.78 is 0. The molecule has 9 heteroatoms. The van der Waals surface area contributed by atoms with E-state index in [0.29, 0.717) is 18.8 Å². The van der Waals surface area contributed by atoms with Crippen LogP contribution in [0.2, 0.25) is 0 Å². The molecular weight excluding hydrogens is 226 g/mol. The molecule has 17 heavy (non-hydrogen) atoms. The maximum Gasteiger partial charge on any atom is 0.323 e. The highest BCUT2D eigenvalue weighted by molar-refractivity contribution is 6.03. The standard InChI is InChI=1S/C8H13N7O2/c1-15(6-7(16)10-8(17)9-6)4-2-3-5-11-13-14-12-5/h6H,2-4H2,1H3,(H2,9,10,16,17)(H,11,12,13,14). The molecule has 3 N–H and O–H groups in total. The number of carbonyl (C=O) groups is 2. The fourth-order valence-electron chi connectivity index (χ4n) is 1.63. The summed E-state index contributed by atoms with van der Waals surface area (Å²) in [5.41, 5.74) is 0. The Morgan fingerprint density at radius 3 is 2.82 bits per heavy atom. The second kappa shape index (κ2) is 4.87. The highest BCUT2D eigenvalue weighted by atomic mass is 16.2. The number of likely N-dealkylation sites (N-methyl/N-ethyl adjacent to an activating group) is 1. The predicted molar refractivity (Wildman–Crippen MR) is 55.6 cm³/mol. The van der Waals surface area contributed by atoms with Gasteiger partial charge in [-0.2, -0.15) is 0 Å². The van der Waals surface area contributed by atoms with E-state index < -0.39 is 12.2 Å². The van der Waals surface area contributed by atoms with Crippen LogP contribution in [-0.4, -0.2) is 57.2 Å². The fraction of sp³-hybridized carbons (Fsp3) is 0.625. The van der Waals surface area contributed by atoms with Gasteiger partial charge in [0.2, 0.25) is 0 Å². The molecule has 0 radical (unpaired) electrons. The summed E-state index contributed by atoms with van der Waals surface area (Å²) in [7, 11) is 1.77. The van der Waals surface area contributed by atoms with Crippen LogP contribution in [0.1, 0.15) is 12.2 Å². The lowest BCUT2D eigenvalue weighted by molar-refractivity contribution is -0.123. The Morgan fingerprint density at radius 1 is 1.41 bits per heavy atom. The first-order valence-corrected chi connectivity index (χ1v) is 5.21. The van der Waals surface area contributed by atoms with Crippen molar-refractivity contribution < 1.29 is 9.59 Å². The first kappa shape index (κ1) is 11.5. The summed E-state index contributed by atoms with van der Waals surface area (Å²) in [5, 5.41) is 18.0. The van der Waals surface area contributed by atoms with Gasteiger partial charge in [-0.1, -0.05) is 0 Å². The number of imide groups is 1. The molecule has 0 saturated carbocycles. The SMILES string of the molecule is CN(CCCc1nnn[nH]1)C1NC(=O)NC1=O. The van der Waals surface area contributed by atoms with Crippen LogP contribution in [0, 0.1) is 0 Å². The van der Waals surface area contributed by atoms with Crippen LogP contribution < -0.4 is 10.6 Å². The number of hydrogen-bond donors (Lipinski definition) is 3. The number of carbonyl (C=O) groups excluding carboxylic acids is 2. The molecule has 1 aromatic rings. The number of aromatic nitrogens is 4. The van der Waals surface area contributed by atoms with Gasteiger partial charge in [-0.25, -0.2) is 9.89 Å². The van der Waals surface area contributed by atoms with Gasteiger partial charge in [0.15, 0.2) is 6.17 Å². The van der Waals surface area contributed by atoms with Crippen molar-refractivity contribution in [2.24, 2.45) is 0 Å². The molecule has 1 atom stereocenters. The highest BCUT2D eigenvalue weighted by Crippen LogP contribution is 2.01. The number of aryl methyl sites for hydroxylation is 1. The highest BCUT2D eigenvalue weighted by Gasteiger charge is 2.32. The van der Waals surface area contributed by atoms with Gasteiger partial charge < -0.3 is 5.32 Å². The largest absolute Gasteiger partial charge is 0.323 e. The number of amides is 3. The third kappa shape index (κ3) is 2.75. The molecule has 3 amide bonds. The van der Waals surface area contributed by atoms with Crippen molar-refractivity contribution >= 4 is 11.9 Å². The Labute approximate surface area is 96.9 Å². The summed E-state index contributed by atoms with van der Waals surface area (Å²) in [6, 6.07) is -0.453. The monoisotopic (exact) mass is 239 g/mol. The molecule has 1 aliphatic rings. The van der Waals surface area contributed by atoms with E-state index in [-0.39, 0.29) is 5.91 Å². The number of tetrazole rings is 1. The number of H-pyrrole nitrogens is 1. The molecule has 0 bridgehead atoms. The predicted octanol–water partition coefficient (Wildman–Crippen LogP) is -1.77. The van der Waals surface area contributed by atoms with Crippen LogP contribution >= 0.6 is 0 Å². The Balaban J connectivity index is 1.75. The lowest BCUT2D eigenvalue weighted by Gasteiger charge is -2.20. The van der Waals surface area contributed by atoms with E-state index in [9.17, 15) is 9.59 Å². The van der Waals surface area contributed by atoms with Crippen LogP contribution in [0.4, 0.5) is 4.79 Å². The smallest absolute Gasteiger partial charge is 0.314 e. The van der Waals surface area contributed by atoms with Gasteiger partial charge in [-0.05, 0) is 23.9 Å². The Morgan fingerprint density at radius 2 is 2.24 bits per heavy atom. The van der Waals surface area contributed by atoms with Crippen LogP contribution in [-0.2, 0) is 11.2 Å². The van der Waals surface area contributed by atoms with Gasteiger partial charge in [0.1, 0.15) is 5.82 Å². The van der Waals surface area contributed by atoms with E-state index in [1.807, 2.05) is 0 Å². The van der Waals surface area contributed by atoms with Crippen molar-refractivity contribution in [2.45, 2.75) is 19.0 Å². The topological polar surface area (TPSA) is 116 Å². The van der Waals surface area contributed by atoms with E-state index in [0.717, 1.165) is 6.42 Å². The zero-order valence-corrected chi connectivity index (χ0v) is 9.30. The third-order valence-electron chi connectivity index (χ3n) is 2.51. The molecule has 1 fully saturated rings. The van der Waals surface area contributed by atoms with E-state index in [1.54, 1.807) is 11.9 Å². The molecule has 2 heterocycles. The van der Waals surface area contributed by atoms with Gasteiger partial charge in [-0.3, -0.25) is 15.0 Å². The molecule has 92 valence electrons. The number of hydrogen-bond acceptors (Lipinski definition) is 6. The maximum absolute atomic E-state index is 11.3. The molecule has 1 aromatic heterocycles. The molecule has 0 aliphatic carbocycles. The number of rotatable bonds is 5. The minimum Gasteiger partial charge on any atom is -0.314 e. The Bertz CT molecular complexity index is 404. The zero-order valence-electron chi connectivity index (χ0n) is 9.30. The number of aromatic amines is 1. The van der Waals surface area contributed by atoms with Gasteiger partial charge in [-0.15, -0.1) is 5.10 Å². The molecule has 1 saturated heterocycles. The van der Waals surface area contributed by atoms with Crippen LogP contribution in [0.15, 0.2) is 0 Å². The van der Waals surface area contributed by atoms with Gasteiger partial charge >= 0.3 is 6.03 Å². The second-order valence-corrected chi connectivity index (χ2v) is 3.80. The average Bonchev–Trinajstić information content (AvgIpc) is 2.88. The molecule has 1 unspecified atom stereocenters. The molecule has 9 nitrogen and oxygen atoms in total. The molecule has 0 spiro atoms. The van der Waals surface area contributed by atoms with E-state index >= 15 is 0 Å². The lowest BCUT2D eigenvalue weighted by atomic mass is 10.2. The van der Waals surface area contributed by atoms with Gasteiger partial charge in [0.25, 0.3) is 5.91 Å². The maximum atomic E-state index is 11.3. The van der Waals surface area contributed by atoms with E-state index in [1.165, 1.54) is 0 Å². The fourth-order valence-corrected chi connectivity index (χ4v) is 1.63. The molecule has 1 aliphatic heterocycles. The van der Waals surface area contributed by atoms with Crippen molar-refractivity contribution in [1.82, 2.24) is 36.2 Å². The third-order valence-corrected chi connectivity index (χ3v) is 2.51.